The third kappa shape index (κ3) is 5.15. The lowest BCUT2D eigenvalue weighted by molar-refractivity contribution is -0.146. The fourth-order valence-corrected chi connectivity index (χ4v) is 8.75. The number of esters is 1. The first-order chi connectivity index (χ1) is 14.8. The molecule has 2 aromatic rings. The van der Waals surface area contributed by atoms with E-state index in [1.54, 1.807) is 12.2 Å². The predicted octanol–water partition coefficient (Wildman–Crippen LogP) is 2.81. The van der Waals surface area contributed by atoms with Gasteiger partial charge in [0, 0.05) is 0 Å². The molecule has 0 fully saturated rings. The van der Waals surface area contributed by atoms with Crippen LogP contribution in [-0.4, -0.2) is 51.4 Å². The number of aliphatic hydroxyl groups excluding tert-OH is 1. The van der Waals surface area contributed by atoms with Crippen LogP contribution < -0.4 is 10.4 Å². The van der Waals surface area contributed by atoms with Gasteiger partial charge in [-0.25, -0.2) is 0 Å². The molecule has 6 heteroatoms. The summed E-state index contributed by atoms with van der Waals surface area (Å²) < 4.78 is 17.6. The minimum Gasteiger partial charge on any atom is -0.469 e. The Bertz CT molecular complexity index is 836. The van der Waals surface area contributed by atoms with Gasteiger partial charge in [-0.3, -0.25) is 4.79 Å². The average molecular weight is 441 g/mol. The van der Waals surface area contributed by atoms with Gasteiger partial charge in [0.1, 0.15) is 12.2 Å². The van der Waals surface area contributed by atoms with Crippen LogP contribution in [0.4, 0.5) is 0 Å². The summed E-state index contributed by atoms with van der Waals surface area (Å²) in [6, 6.07) is 20.7. The third-order valence-electron chi connectivity index (χ3n) is 5.73. The maximum absolute atomic E-state index is 11.7. The maximum Gasteiger partial charge on any atom is 0.308 e. The highest BCUT2D eigenvalue weighted by atomic mass is 28.4. The van der Waals surface area contributed by atoms with Crippen LogP contribution in [0.2, 0.25) is 5.04 Å². The Hall–Kier alpha value is -2.25. The Morgan fingerprint density at radius 3 is 2.03 bits per heavy atom. The van der Waals surface area contributed by atoms with Gasteiger partial charge in [0.05, 0.1) is 26.2 Å². The number of carbonyl (C=O) groups is 1. The molecular formula is C25H32O5Si. The average Bonchev–Trinajstić information content (AvgIpc) is 2.76. The Balaban J connectivity index is 1.93. The molecule has 0 radical (unpaired) electrons. The van der Waals surface area contributed by atoms with Gasteiger partial charge in [-0.1, -0.05) is 93.6 Å². The lowest BCUT2D eigenvalue weighted by Gasteiger charge is -2.44. The van der Waals surface area contributed by atoms with Gasteiger partial charge in [-0.15, -0.1) is 0 Å². The normalized spacial score (nSPS) is 21.6. The first-order valence-electron chi connectivity index (χ1n) is 10.6. The quantitative estimate of drug-likeness (QED) is 0.407. The SMILES string of the molecule is COC(=O)C[C@@H]1C=C[C@@H](O)[C@@H](CO[Si](c2ccccc2)(c2ccccc2)C(C)(C)C)O1. The van der Waals surface area contributed by atoms with Gasteiger partial charge >= 0.3 is 5.97 Å². The minimum atomic E-state index is -2.73. The van der Waals surface area contributed by atoms with Gasteiger partial charge in [0.25, 0.3) is 8.32 Å². The van der Waals surface area contributed by atoms with Crippen LogP contribution in [0.25, 0.3) is 0 Å². The van der Waals surface area contributed by atoms with Crippen molar-refractivity contribution < 1.29 is 23.8 Å². The number of hydrogen-bond acceptors (Lipinski definition) is 5. The molecule has 1 aliphatic heterocycles. The summed E-state index contributed by atoms with van der Waals surface area (Å²) in [5.41, 5.74) is 0. The number of carbonyl (C=O) groups excluding carboxylic acids is 1. The highest BCUT2D eigenvalue weighted by Crippen LogP contribution is 2.37. The van der Waals surface area contributed by atoms with Crippen LogP contribution in [0, 0.1) is 0 Å². The number of rotatable bonds is 7. The predicted molar refractivity (Wildman–Crippen MR) is 124 cm³/mol. The van der Waals surface area contributed by atoms with Crippen molar-refractivity contribution in [2.75, 3.05) is 13.7 Å². The molecule has 1 aliphatic rings. The number of aliphatic hydroxyl groups is 1. The van der Waals surface area contributed by atoms with Crippen LogP contribution in [-0.2, 0) is 18.7 Å². The Morgan fingerprint density at radius 2 is 1.55 bits per heavy atom. The van der Waals surface area contributed by atoms with Crippen molar-refractivity contribution in [3.63, 3.8) is 0 Å². The first-order valence-corrected chi connectivity index (χ1v) is 12.5. The first kappa shape index (κ1) is 23.4. The van der Waals surface area contributed by atoms with Crippen LogP contribution >= 0.6 is 0 Å². The van der Waals surface area contributed by atoms with Gasteiger partial charge in [-0.2, -0.15) is 0 Å². The fourth-order valence-electron chi connectivity index (χ4n) is 4.18. The van der Waals surface area contributed by atoms with Gasteiger partial charge in [0.15, 0.2) is 0 Å². The molecule has 1 heterocycles. The molecule has 0 spiro atoms. The third-order valence-corrected chi connectivity index (χ3v) is 10.7. The van der Waals surface area contributed by atoms with E-state index in [4.69, 9.17) is 13.9 Å². The van der Waals surface area contributed by atoms with E-state index < -0.39 is 26.6 Å². The van der Waals surface area contributed by atoms with Gasteiger partial charge in [0.2, 0.25) is 0 Å². The molecule has 3 rings (SSSR count). The molecule has 1 N–H and O–H groups in total. The number of ether oxygens (including phenoxy) is 2. The topological polar surface area (TPSA) is 65.0 Å². The highest BCUT2D eigenvalue weighted by molar-refractivity contribution is 6.99. The molecule has 3 atom stereocenters. The Kier molecular flexibility index (Phi) is 7.49. The molecule has 2 aromatic carbocycles. The zero-order valence-electron chi connectivity index (χ0n) is 18.7. The molecule has 0 unspecified atom stereocenters. The highest BCUT2D eigenvalue weighted by Gasteiger charge is 2.50. The number of hydrogen-bond donors (Lipinski definition) is 1. The molecule has 0 amide bonds. The molecule has 0 aliphatic carbocycles. The largest absolute Gasteiger partial charge is 0.469 e. The van der Waals surface area contributed by atoms with Crippen molar-refractivity contribution in [2.24, 2.45) is 0 Å². The molecule has 5 nitrogen and oxygen atoms in total. The molecule has 0 saturated heterocycles. The molecule has 0 saturated carbocycles. The summed E-state index contributed by atoms with van der Waals surface area (Å²) in [5, 5.41) is 12.7. The van der Waals surface area contributed by atoms with E-state index in [1.165, 1.54) is 17.5 Å². The standard InChI is InChI=1S/C25H32O5Si/c1-25(2,3)31(20-11-7-5-8-12-20,21-13-9-6-10-14-21)29-18-23-22(26)16-15-19(30-23)17-24(27)28-4/h5-16,19,22-23,26H,17-18H2,1-4H3/t19-,22+,23+/m0/s1. The lowest BCUT2D eigenvalue weighted by atomic mass is 10.1. The molecular weight excluding hydrogens is 408 g/mol. The van der Waals surface area contributed by atoms with Crippen molar-refractivity contribution in [3.05, 3.63) is 72.8 Å². The summed E-state index contributed by atoms with van der Waals surface area (Å²) in [4.78, 5) is 11.7. The van der Waals surface area contributed by atoms with E-state index in [0.717, 1.165) is 0 Å². The van der Waals surface area contributed by atoms with Crippen molar-refractivity contribution in [1.29, 1.82) is 0 Å². The van der Waals surface area contributed by atoms with E-state index in [2.05, 4.69) is 45.0 Å². The van der Waals surface area contributed by atoms with Crippen LogP contribution in [0.15, 0.2) is 72.8 Å². The molecule has 0 aromatic heterocycles. The fraction of sp³-hybridized carbons (Fsp3) is 0.400. The maximum atomic E-state index is 11.7. The second kappa shape index (κ2) is 9.91. The van der Waals surface area contributed by atoms with E-state index in [1.807, 2.05) is 36.4 Å². The summed E-state index contributed by atoms with van der Waals surface area (Å²) >= 11 is 0. The summed E-state index contributed by atoms with van der Waals surface area (Å²) in [5.74, 6) is -0.349. The second-order valence-corrected chi connectivity index (χ2v) is 13.1. The smallest absolute Gasteiger partial charge is 0.308 e. The summed E-state index contributed by atoms with van der Waals surface area (Å²) in [6.07, 6.45) is 1.68. The van der Waals surface area contributed by atoms with Crippen LogP contribution in [0.3, 0.4) is 0 Å². The van der Waals surface area contributed by atoms with Gasteiger partial charge < -0.3 is 19.0 Å². The zero-order chi connectivity index (χ0) is 22.5. The van der Waals surface area contributed by atoms with E-state index in [0.29, 0.717) is 0 Å². The van der Waals surface area contributed by atoms with Gasteiger partial charge in [-0.05, 0) is 15.4 Å². The Labute approximate surface area is 185 Å². The monoisotopic (exact) mass is 440 g/mol. The van der Waals surface area contributed by atoms with Crippen LogP contribution in [0.1, 0.15) is 27.2 Å². The van der Waals surface area contributed by atoms with E-state index >= 15 is 0 Å². The second-order valence-electron chi connectivity index (χ2n) is 8.84. The van der Waals surface area contributed by atoms with Crippen molar-refractivity contribution >= 4 is 24.7 Å². The number of methoxy groups -OCH3 is 1. The van der Waals surface area contributed by atoms with E-state index in [-0.39, 0.29) is 24.0 Å². The molecule has 0 bridgehead atoms. The zero-order valence-corrected chi connectivity index (χ0v) is 19.7. The van der Waals surface area contributed by atoms with E-state index in [9.17, 15) is 9.90 Å². The minimum absolute atomic E-state index is 0.107. The van der Waals surface area contributed by atoms with Crippen molar-refractivity contribution in [2.45, 2.75) is 50.5 Å². The molecule has 31 heavy (non-hydrogen) atoms. The lowest BCUT2D eigenvalue weighted by Crippen LogP contribution is -2.67. The van der Waals surface area contributed by atoms with Crippen molar-refractivity contribution in [3.8, 4) is 0 Å². The number of benzene rings is 2. The summed E-state index contributed by atoms with van der Waals surface area (Å²) in [7, 11) is -1.38. The van der Waals surface area contributed by atoms with Crippen molar-refractivity contribution in [1.82, 2.24) is 0 Å². The van der Waals surface area contributed by atoms with Crippen LogP contribution in [0.5, 0.6) is 0 Å². The summed E-state index contributed by atoms with van der Waals surface area (Å²) in [6.45, 7) is 6.84. The Morgan fingerprint density at radius 1 is 1.00 bits per heavy atom. The molecule has 166 valence electrons.